The van der Waals surface area contributed by atoms with Crippen LogP contribution in [0.4, 0.5) is 0 Å². The molecule has 2 unspecified atom stereocenters. The van der Waals surface area contributed by atoms with E-state index in [0.717, 1.165) is 18.5 Å². The summed E-state index contributed by atoms with van der Waals surface area (Å²) in [5.41, 5.74) is 1.20. The molecule has 1 aliphatic rings. The van der Waals surface area contributed by atoms with Gasteiger partial charge in [-0.2, -0.15) is 0 Å². The first kappa shape index (κ1) is 14.8. The van der Waals surface area contributed by atoms with Gasteiger partial charge in [0.25, 0.3) is 0 Å². The Kier molecular flexibility index (Phi) is 4.98. The second kappa shape index (κ2) is 6.72. The molecule has 20 heavy (non-hydrogen) atoms. The van der Waals surface area contributed by atoms with Crippen LogP contribution in [0.5, 0.6) is 0 Å². The summed E-state index contributed by atoms with van der Waals surface area (Å²) >= 11 is 5.52. The van der Waals surface area contributed by atoms with Gasteiger partial charge in [0.05, 0.1) is 5.56 Å². The quantitative estimate of drug-likeness (QED) is 0.729. The minimum absolute atomic E-state index is 0.0703. The molecule has 108 valence electrons. The maximum Gasteiger partial charge on any atom is 0.335 e. The number of hydrogen-bond acceptors (Lipinski definition) is 3. The summed E-state index contributed by atoms with van der Waals surface area (Å²) in [6, 6.07) is 6.82. The fourth-order valence-electron chi connectivity index (χ4n) is 2.56. The van der Waals surface area contributed by atoms with Gasteiger partial charge in [-0.05, 0) is 30.7 Å². The van der Waals surface area contributed by atoms with Crippen LogP contribution in [0.1, 0.15) is 28.3 Å². The molecule has 0 aromatic heterocycles. The smallest absolute Gasteiger partial charge is 0.335 e. The number of aromatic carboxylic acids is 1. The highest BCUT2D eigenvalue weighted by Gasteiger charge is 2.27. The number of carboxylic acid groups (broad SMARTS) is 1. The largest absolute Gasteiger partial charge is 0.478 e. The fraction of sp³-hybridized carbons (Fsp3) is 0.429. The summed E-state index contributed by atoms with van der Waals surface area (Å²) in [4.78, 5) is 22.5. The molecule has 1 heterocycles. The zero-order chi connectivity index (χ0) is 14.5. The Morgan fingerprint density at radius 2 is 2.25 bits per heavy atom. The van der Waals surface area contributed by atoms with Crippen LogP contribution in [0.15, 0.2) is 24.3 Å². The van der Waals surface area contributed by atoms with Crippen molar-refractivity contribution in [2.75, 3.05) is 19.0 Å². The Hall–Kier alpha value is -1.59. The standard InChI is InChI=1S/C14H17ClN2O3/c15-7-13(18)17-12-8-16-5-4-11(12)9-2-1-3-10(6-9)14(19)20/h1-3,6,11-12,16H,4-5,7-8H2,(H,17,18)(H,19,20). The van der Waals surface area contributed by atoms with Crippen LogP contribution >= 0.6 is 11.6 Å². The molecule has 1 aromatic carbocycles. The minimum Gasteiger partial charge on any atom is -0.478 e. The first-order chi connectivity index (χ1) is 9.61. The molecule has 1 saturated heterocycles. The zero-order valence-corrected chi connectivity index (χ0v) is 11.7. The minimum atomic E-state index is -0.942. The lowest BCUT2D eigenvalue weighted by Gasteiger charge is -2.33. The Morgan fingerprint density at radius 1 is 1.45 bits per heavy atom. The highest BCUT2D eigenvalue weighted by Crippen LogP contribution is 2.26. The molecular weight excluding hydrogens is 280 g/mol. The number of alkyl halides is 1. The highest BCUT2D eigenvalue weighted by atomic mass is 35.5. The molecule has 2 rings (SSSR count). The molecule has 0 aliphatic carbocycles. The van der Waals surface area contributed by atoms with Gasteiger partial charge in [0, 0.05) is 18.5 Å². The molecule has 0 spiro atoms. The third-order valence-electron chi connectivity index (χ3n) is 3.51. The van der Waals surface area contributed by atoms with E-state index in [2.05, 4.69) is 10.6 Å². The van der Waals surface area contributed by atoms with E-state index in [1.807, 2.05) is 6.07 Å². The van der Waals surface area contributed by atoms with E-state index >= 15 is 0 Å². The van der Waals surface area contributed by atoms with Gasteiger partial charge < -0.3 is 15.7 Å². The molecule has 2 atom stereocenters. The van der Waals surface area contributed by atoms with Gasteiger partial charge in [-0.1, -0.05) is 12.1 Å². The average Bonchev–Trinajstić information content (AvgIpc) is 2.47. The van der Waals surface area contributed by atoms with Crippen molar-refractivity contribution in [3.8, 4) is 0 Å². The molecular formula is C14H17ClN2O3. The summed E-state index contributed by atoms with van der Waals surface area (Å²) < 4.78 is 0. The summed E-state index contributed by atoms with van der Waals surface area (Å²) in [6.45, 7) is 1.50. The number of hydrogen-bond donors (Lipinski definition) is 3. The van der Waals surface area contributed by atoms with Crippen LogP contribution in [-0.2, 0) is 4.79 Å². The maximum atomic E-state index is 11.5. The van der Waals surface area contributed by atoms with Gasteiger partial charge in [0.15, 0.2) is 0 Å². The molecule has 0 bridgehead atoms. The number of carbonyl (C=O) groups excluding carboxylic acids is 1. The topological polar surface area (TPSA) is 78.4 Å². The summed E-state index contributed by atoms with van der Waals surface area (Å²) in [7, 11) is 0. The number of carboxylic acids is 1. The van der Waals surface area contributed by atoms with Crippen molar-refractivity contribution in [1.29, 1.82) is 0 Å². The third-order valence-corrected chi connectivity index (χ3v) is 3.75. The number of amides is 1. The van der Waals surface area contributed by atoms with Gasteiger partial charge in [-0.25, -0.2) is 4.79 Å². The Bertz CT molecular complexity index is 507. The lowest BCUT2D eigenvalue weighted by molar-refractivity contribution is -0.119. The molecule has 0 saturated carbocycles. The van der Waals surface area contributed by atoms with Gasteiger partial charge in [-0.15, -0.1) is 11.6 Å². The van der Waals surface area contributed by atoms with E-state index in [9.17, 15) is 9.59 Å². The number of rotatable bonds is 4. The second-order valence-corrected chi connectivity index (χ2v) is 5.10. The SMILES string of the molecule is O=C(CCl)NC1CNCCC1c1cccc(C(=O)O)c1. The van der Waals surface area contributed by atoms with Crippen LogP contribution in [0, 0.1) is 0 Å². The summed E-state index contributed by atoms with van der Waals surface area (Å²) in [5, 5.41) is 15.2. The van der Waals surface area contributed by atoms with E-state index in [0.29, 0.717) is 6.54 Å². The molecule has 0 radical (unpaired) electrons. The monoisotopic (exact) mass is 296 g/mol. The van der Waals surface area contributed by atoms with Crippen molar-refractivity contribution >= 4 is 23.5 Å². The van der Waals surface area contributed by atoms with E-state index in [1.165, 1.54) is 0 Å². The summed E-state index contributed by atoms with van der Waals surface area (Å²) in [5.74, 6) is -1.12. The first-order valence-electron chi connectivity index (χ1n) is 6.51. The van der Waals surface area contributed by atoms with Crippen molar-refractivity contribution in [1.82, 2.24) is 10.6 Å². The van der Waals surface area contributed by atoms with Crippen molar-refractivity contribution in [2.24, 2.45) is 0 Å². The van der Waals surface area contributed by atoms with Crippen molar-refractivity contribution in [3.63, 3.8) is 0 Å². The zero-order valence-electron chi connectivity index (χ0n) is 10.9. The molecule has 1 aliphatic heterocycles. The predicted molar refractivity (Wildman–Crippen MR) is 76.3 cm³/mol. The fourth-order valence-corrected chi connectivity index (χ4v) is 2.63. The predicted octanol–water partition coefficient (Wildman–Crippen LogP) is 1.19. The Balaban J connectivity index is 2.20. The second-order valence-electron chi connectivity index (χ2n) is 4.84. The van der Waals surface area contributed by atoms with Gasteiger partial charge in [-0.3, -0.25) is 4.79 Å². The molecule has 5 nitrogen and oxygen atoms in total. The van der Waals surface area contributed by atoms with Gasteiger partial charge >= 0.3 is 5.97 Å². The van der Waals surface area contributed by atoms with E-state index in [-0.39, 0.29) is 29.3 Å². The number of benzene rings is 1. The normalized spacial score (nSPS) is 22.2. The molecule has 3 N–H and O–H groups in total. The molecule has 1 aromatic rings. The van der Waals surface area contributed by atoms with Crippen LogP contribution in [0.3, 0.4) is 0 Å². The Labute approximate surface area is 122 Å². The Morgan fingerprint density at radius 3 is 2.95 bits per heavy atom. The first-order valence-corrected chi connectivity index (χ1v) is 7.04. The molecule has 1 fully saturated rings. The van der Waals surface area contributed by atoms with Crippen LogP contribution < -0.4 is 10.6 Å². The van der Waals surface area contributed by atoms with Gasteiger partial charge in [0.1, 0.15) is 5.88 Å². The number of halogens is 1. The van der Waals surface area contributed by atoms with Crippen LogP contribution in [0.2, 0.25) is 0 Å². The highest BCUT2D eigenvalue weighted by molar-refractivity contribution is 6.27. The third kappa shape index (κ3) is 3.49. The van der Waals surface area contributed by atoms with Crippen molar-refractivity contribution in [3.05, 3.63) is 35.4 Å². The molecule has 6 heteroatoms. The number of nitrogens with one attached hydrogen (secondary N) is 2. The number of carbonyl (C=O) groups is 2. The lowest BCUT2D eigenvalue weighted by Crippen LogP contribution is -2.50. The van der Waals surface area contributed by atoms with Gasteiger partial charge in [0.2, 0.25) is 5.91 Å². The van der Waals surface area contributed by atoms with Crippen LogP contribution in [-0.4, -0.2) is 42.0 Å². The van der Waals surface area contributed by atoms with E-state index in [4.69, 9.17) is 16.7 Å². The van der Waals surface area contributed by atoms with Crippen molar-refractivity contribution in [2.45, 2.75) is 18.4 Å². The lowest BCUT2D eigenvalue weighted by atomic mass is 9.85. The molecule has 1 amide bonds. The average molecular weight is 297 g/mol. The maximum absolute atomic E-state index is 11.5. The van der Waals surface area contributed by atoms with E-state index in [1.54, 1.807) is 18.2 Å². The number of piperidine rings is 1. The summed E-state index contributed by atoms with van der Waals surface area (Å²) in [6.07, 6.45) is 0.844. The van der Waals surface area contributed by atoms with Crippen molar-refractivity contribution < 1.29 is 14.7 Å². The van der Waals surface area contributed by atoms with E-state index < -0.39 is 5.97 Å². The van der Waals surface area contributed by atoms with Crippen LogP contribution in [0.25, 0.3) is 0 Å².